The van der Waals surface area contributed by atoms with Crippen molar-refractivity contribution in [2.24, 2.45) is 0 Å². The van der Waals surface area contributed by atoms with Gasteiger partial charge in [-0.15, -0.1) is 0 Å². The molecule has 1 unspecified atom stereocenters. The third kappa shape index (κ3) is 3.69. The summed E-state index contributed by atoms with van der Waals surface area (Å²) in [4.78, 5) is 13.7. The second-order valence-electron chi connectivity index (χ2n) is 8.23. The van der Waals surface area contributed by atoms with E-state index in [1.807, 2.05) is 42.5 Å². The number of methoxy groups -OCH3 is 2. The Kier molecular flexibility index (Phi) is 5.66. The zero-order valence-corrected chi connectivity index (χ0v) is 18.7. The van der Waals surface area contributed by atoms with E-state index < -0.39 is 0 Å². The van der Waals surface area contributed by atoms with Crippen molar-refractivity contribution in [3.63, 3.8) is 0 Å². The molecule has 0 amide bonds. The number of phenols is 1. The van der Waals surface area contributed by atoms with Crippen LogP contribution in [-0.2, 0) is 6.54 Å². The van der Waals surface area contributed by atoms with E-state index in [0.717, 1.165) is 47.2 Å². The van der Waals surface area contributed by atoms with Crippen LogP contribution in [0.15, 0.2) is 59.4 Å². The first-order valence-electron chi connectivity index (χ1n) is 11.0. The molecule has 1 atom stereocenters. The average molecular weight is 446 g/mol. The molecule has 7 nitrogen and oxygen atoms in total. The van der Waals surface area contributed by atoms with Crippen LogP contribution < -0.4 is 25.5 Å². The highest BCUT2D eigenvalue weighted by Crippen LogP contribution is 2.38. The van der Waals surface area contributed by atoms with Gasteiger partial charge in [0.2, 0.25) is 5.75 Å². The average Bonchev–Trinajstić information content (AvgIpc) is 2.87. The minimum atomic E-state index is -0.0310. The predicted molar refractivity (Wildman–Crippen MR) is 130 cm³/mol. The van der Waals surface area contributed by atoms with Crippen molar-refractivity contribution < 1.29 is 14.6 Å². The maximum absolute atomic E-state index is 13.7. The van der Waals surface area contributed by atoms with E-state index in [2.05, 4.69) is 15.2 Å². The summed E-state index contributed by atoms with van der Waals surface area (Å²) >= 11 is 0. The number of aromatic hydroxyl groups is 1. The summed E-state index contributed by atoms with van der Waals surface area (Å²) < 4.78 is 12.9. The van der Waals surface area contributed by atoms with Crippen molar-refractivity contribution in [1.82, 2.24) is 15.2 Å². The van der Waals surface area contributed by atoms with Crippen LogP contribution in [0.5, 0.6) is 17.2 Å². The molecule has 1 aliphatic heterocycles. The number of nitrogens with one attached hydrogen (secondary N) is 2. The van der Waals surface area contributed by atoms with E-state index in [-0.39, 0.29) is 17.2 Å². The van der Waals surface area contributed by atoms with Gasteiger partial charge in [0.1, 0.15) is 0 Å². The molecule has 1 saturated heterocycles. The fraction of sp³-hybridized carbons (Fsp3) is 0.269. The summed E-state index contributed by atoms with van der Waals surface area (Å²) in [6, 6.07) is 17.4. The molecule has 1 fully saturated rings. The molecule has 0 aliphatic carbocycles. The molecule has 0 saturated carbocycles. The van der Waals surface area contributed by atoms with Crippen LogP contribution >= 0.6 is 0 Å². The highest BCUT2D eigenvalue weighted by Gasteiger charge is 2.21. The minimum Gasteiger partial charge on any atom is -0.502 e. The van der Waals surface area contributed by atoms with Gasteiger partial charge in [-0.05, 0) is 41.5 Å². The molecular weight excluding hydrogens is 418 g/mol. The Morgan fingerprint density at radius 3 is 2.42 bits per heavy atom. The third-order valence-corrected chi connectivity index (χ3v) is 6.33. The summed E-state index contributed by atoms with van der Waals surface area (Å²) in [6.07, 6.45) is 0. The van der Waals surface area contributed by atoms with E-state index in [1.165, 1.54) is 14.2 Å². The number of para-hydroxylation sites is 1. The van der Waals surface area contributed by atoms with Crippen LogP contribution in [-0.4, -0.2) is 43.5 Å². The smallest absolute Gasteiger partial charge is 0.200 e. The predicted octanol–water partition coefficient (Wildman–Crippen LogP) is 3.16. The molecule has 2 heterocycles. The fourth-order valence-corrected chi connectivity index (χ4v) is 4.75. The normalized spacial score (nSPS) is 16.2. The van der Waals surface area contributed by atoms with E-state index in [0.29, 0.717) is 23.4 Å². The molecule has 0 spiro atoms. The highest BCUT2D eigenvalue weighted by atomic mass is 16.5. The lowest BCUT2D eigenvalue weighted by Crippen LogP contribution is -2.43. The number of hydrogen-bond donors (Lipinski definition) is 3. The molecule has 0 bridgehead atoms. The number of piperazine rings is 1. The van der Waals surface area contributed by atoms with E-state index in [1.54, 1.807) is 12.1 Å². The molecule has 4 aromatic rings. The van der Waals surface area contributed by atoms with E-state index in [9.17, 15) is 9.90 Å². The van der Waals surface area contributed by atoms with Crippen molar-refractivity contribution in [3.05, 3.63) is 75.9 Å². The van der Waals surface area contributed by atoms with E-state index in [4.69, 9.17) is 9.47 Å². The summed E-state index contributed by atoms with van der Waals surface area (Å²) in [6.45, 7) is 3.02. The Morgan fingerprint density at radius 2 is 1.73 bits per heavy atom. The van der Waals surface area contributed by atoms with Gasteiger partial charge in [0.05, 0.1) is 30.6 Å². The number of nitrogens with zero attached hydrogens (tertiary/aromatic N) is 1. The lowest BCUT2D eigenvalue weighted by Gasteiger charge is -2.26. The van der Waals surface area contributed by atoms with Gasteiger partial charge in [-0.25, -0.2) is 0 Å². The number of pyridine rings is 1. The topological polar surface area (TPSA) is 84.8 Å². The Labute approximate surface area is 191 Å². The zero-order chi connectivity index (χ0) is 22.9. The van der Waals surface area contributed by atoms with Gasteiger partial charge in [-0.3, -0.25) is 4.79 Å². The second kappa shape index (κ2) is 8.77. The van der Waals surface area contributed by atoms with Crippen molar-refractivity contribution >= 4 is 21.8 Å². The van der Waals surface area contributed by atoms with Crippen LogP contribution in [0.1, 0.15) is 17.2 Å². The van der Waals surface area contributed by atoms with Crippen LogP contribution in [0.25, 0.3) is 21.8 Å². The first-order valence-corrected chi connectivity index (χ1v) is 11.0. The van der Waals surface area contributed by atoms with Gasteiger partial charge in [-0.2, -0.15) is 0 Å². The van der Waals surface area contributed by atoms with Crippen molar-refractivity contribution in [1.29, 1.82) is 0 Å². The quantitative estimate of drug-likeness (QED) is 0.409. The van der Waals surface area contributed by atoms with Gasteiger partial charge >= 0.3 is 0 Å². The Morgan fingerprint density at radius 1 is 1.00 bits per heavy atom. The molecule has 0 radical (unpaired) electrons. The molecule has 7 heteroatoms. The molecule has 3 aromatic carbocycles. The summed E-state index contributed by atoms with van der Waals surface area (Å²) in [5, 5.41) is 18.7. The maximum Gasteiger partial charge on any atom is 0.200 e. The summed E-state index contributed by atoms with van der Waals surface area (Å²) in [5.41, 5.74) is 3.66. The second-order valence-corrected chi connectivity index (χ2v) is 8.23. The molecule has 3 N–H and O–H groups in total. The van der Waals surface area contributed by atoms with Gasteiger partial charge in [0.15, 0.2) is 16.9 Å². The van der Waals surface area contributed by atoms with Crippen LogP contribution in [0.3, 0.4) is 0 Å². The SMILES string of the molecule is COc1cc(Cn2c3ccccc3c(=O)c3c(C4CNCCN4)cccc32)cc(OC)c1O. The van der Waals surface area contributed by atoms with Gasteiger partial charge in [0, 0.05) is 37.6 Å². The van der Waals surface area contributed by atoms with Gasteiger partial charge in [-0.1, -0.05) is 24.3 Å². The molecule has 170 valence electrons. The first kappa shape index (κ1) is 21.3. The number of fused-ring (bicyclic) bond motifs is 2. The lowest BCUT2D eigenvalue weighted by molar-refractivity contribution is 0.339. The molecule has 33 heavy (non-hydrogen) atoms. The van der Waals surface area contributed by atoms with Crippen LogP contribution in [0.4, 0.5) is 0 Å². The van der Waals surface area contributed by atoms with Crippen LogP contribution in [0.2, 0.25) is 0 Å². The van der Waals surface area contributed by atoms with Gasteiger partial charge < -0.3 is 29.8 Å². The highest BCUT2D eigenvalue weighted by molar-refractivity contribution is 5.95. The fourth-order valence-electron chi connectivity index (χ4n) is 4.75. The number of aromatic nitrogens is 1. The van der Waals surface area contributed by atoms with Gasteiger partial charge in [0.25, 0.3) is 0 Å². The molecule has 5 rings (SSSR count). The largest absolute Gasteiger partial charge is 0.502 e. The molecule has 1 aliphatic rings. The van der Waals surface area contributed by atoms with Crippen molar-refractivity contribution in [2.75, 3.05) is 33.9 Å². The summed E-state index contributed by atoms with van der Waals surface area (Å²) in [7, 11) is 3.03. The monoisotopic (exact) mass is 445 g/mol. The van der Waals surface area contributed by atoms with E-state index >= 15 is 0 Å². The molecule has 1 aromatic heterocycles. The Balaban J connectivity index is 1.76. The van der Waals surface area contributed by atoms with Crippen molar-refractivity contribution in [2.45, 2.75) is 12.6 Å². The first-order chi connectivity index (χ1) is 16.1. The number of hydrogen-bond acceptors (Lipinski definition) is 6. The summed E-state index contributed by atoms with van der Waals surface area (Å²) in [5.74, 6) is 0.658. The number of rotatable bonds is 5. The number of phenolic OH excluding ortho intramolecular Hbond substituents is 1. The Bertz CT molecular complexity index is 1360. The minimum absolute atomic E-state index is 0.0310. The standard InChI is InChI=1S/C26H27N3O4/c1-32-22-12-16(13-23(33-2)26(22)31)15-29-20-8-4-3-6-18(20)25(30)24-17(7-5-9-21(24)29)19-14-27-10-11-28-19/h3-9,12-13,19,27-28,31H,10-11,14-15H2,1-2H3. The third-order valence-electron chi connectivity index (χ3n) is 6.33. The number of ether oxygens (including phenoxy) is 2. The Hall–Kier alpha value is -3.55. The van der Waals surface area contributed by atoms with Crippen molar-refractivity contribution in [3.8, 4) is 17.2 Å². The lowest BCUT2D eigenvalue weighted by atomic mass is 9.97. The zero-order valence-electron chi connectivity index (χ0n) is 18.7. The van der Waals surface area contributed by atoms with Crippen LogP contribution in [0, 0.1) is 0 Å². The molecular formula is C26H27N3O4. The number of benzene rings is 3. The maximum atomic E-state index is 13.7.